The van der Waals surface area contributed by atoms with Gasteiger partial charge in [-0.25, -0.2) is 4.98 Å². The number of aromatic nitrogens is 3. The maximum absolute atomic E-state index is 13.2. The van der Waals surface area contributed by atoms with Crippen LogP contribution in [0.4, 0.5) is 0 Å². The summed E-state index contributed by atoms with van der Waals surface area (Å²) in [6.45, 7) is 5.07. The molecule has 8 nitrogen and oxygen atoms in total. The highest BCUT2D eigenvalue weighted by atomic mass is 16.5. The largest absolute Gasteiger partial charge is 0.438 e. The van der Waals surface area contributed by atoms with Crippen molar-refractivity contribution >= 4 is 5.91 Å². The molecular weight excluding hydrogens is 348 g/mol. The molecule has 140 valence electrons. The summed E-state index contributed by atoms with van der Waals surface area (Å²) in [4.78, 5) is 19.1. The first-order valence-corrected chi connectivity index (χ1v) is 8.86. The number of rotatable bonds is 4. The van der Waals surface area contributed by atoms with Gasteiger partial charge >= 0.3 is 0 Å². The fourth-order valence-corrected chi connectivity index (χ4v) is 3.00. The normalized spacial score (nSPS) is 17.4. The predicted molar refractivity (Wildman–Crippen MR) is 94.9 cm³/mol. The molecular formula is C19H20N4O4. The van der Waals surface area contributed by atoms with Gasteiger partial charge in [0.1, 0.15) is 11.7 Å². The van der Waals surface area contributed by atoms with Gasteiger partial charge in [0.25, 0.3) is 5.91 Å². The van der Waals surface area contributed by atoms with Crippen LogP contribution in [0.25, 0.3) is 11.3 Å². The van der Waals surface area contributed by atoms with E-state index in [4.69, 9.17) is 13.6 Å². The number of amides is 1. The number of oxazole rings is 1. The zero-order chi connectivity index (χ0) is 18.8. The van der Waals surface area contributed by atoms with Gasteiger partial charge in [-0.1, -0.05) is 44.2 Å². The summed E-state index contributed by atoms with van der Waals surface area (Å²) in [5, 5.41) is 8.19. The Labute approximate surface area is 156 Å². The molecule has 3 aromatic rings. The fraction of sp³-hybridized carbons (Fsp3) is 0.368. The molecule has 0 N–H and O–H groups in total. The number of carbonyl (C=O) groups is 1. The summed E-state index contributed by atoms with van der Waals surface area (Å²) in [6.07, 6.45) is 1.29. The van der Waals surface area contributed by atoms with E-state index in [1.807, 2.05) is 44.2 Å². The molecule has 8 heteroatoms. The van der Waals surface area contributed by atoms with Crippen LogP contribution in [0.15, 0.2) is 45.6 Å². The van der Waals surface area contributed by atoms with E-state index in [1.54, 1.807) is 4.90 Å². The minimum atomic E-state index is -0.458. The number of hydrogen-bond donors (Lipinski definition) is 0. The van der Waals surface area contributed by atoms with Crippen molar-refractivity contribution in [1.29, 1.82) is 0 Å². The molecule has 1 amide bonds. The van der Waals surface area contributed by atoms with E-state index in [9.17, 15) is 4.79 Å². The van der Waals surface area contributed by atoms with Gasteiger partial charge in [-0.2, -0.15) is 0 Å². The Balaban J connectivity index is 1.65. The minimum absolute atomic E-state index is 0.110. The van der Waals surface area contributed by atoms with Crippen LogP contribution in [-0.2, 0) is 4.74 Å². The quantitative estimate of drug-likeness (QED) is 0.698. The van der Waals surface area contributed by atoms with E-state index in [2.05, 4.69) is 15.2 Å². The number of benzene rings is 1. The van der Waals surface area contributed by atoms with Crippen LogP contribution >= 0.6 is 0 Å². The first kappa shape index (κ1) is 17.4. The molecule has 1 aliphatic rings. The van der Waals surface area contributed by atoms with Crippen molar-refractivity contribution in [3.63, 3.8) is 0 Å². The van der Waals surface area contributed by atoms with Crippen LogP contribution in [0.5, 0.6) is 0 Å². The average Bonchev–Trinajstić information content (AvgIpc) is 3.38. The lowest BCUT2D eigenvalue weighted by Gasteiger charge is -2.32. The van der Waals surface area contributed by atoms with Gasteiger partial charge in [0.2, 0.25) is 17.5 Å². The maximum atomic E-state index is 13.2. The lowest BCUT2D eigenvalue weighted by atomic mass is 10.1. The van der Waals surface area contributed by atoms with Crippen LogP contribution in [-0.4, -0.2) is 45.7 Å². The van der Waals surface area contributed by atoms with Crippen LogP contribution in [0.2, 0.25) is 0 Å². The number of ether oxygens (including phenoxy) is 1. The smallest absolute Gasteiger partial charge is 0.292 e. The standard InChI is InChI=1S/C19H20N4O4/c1-12(2)17-21-22-18(27-17)14-10-25-9-8-23(14)19(24)16-15(20-11-26-16)13-6-4-3-5-7-13/h3-7,11-12,14H,8-10H2,1-2H3. The first-order chi connectivity index (χ1) is 13.1. The van der Waals surface area contributed by atoms with Crippen molar-refractivity contribution in [2.24, 2.45) is 0 Å². The van der Waals surface area contributed by atoms with Crippen molar-refractivity contribution < 1.29 is 18.4 Å². The second-order valence-corrected chi connectivity index (χ2v) is 6.62. The van der Waals surface area contributed by atoms with Crippen LogP contribution in [0.1, 0.15) is 48.1 Å². The molecule has 4 rings (SSSR count). The molecule has 1 unspecified atom stereocenters. The van der Waals surface area contributed by atoms with E-state index in [-0.39, 0.29) is 17.6 Å². The molecule has 1 aliphatic heterocycles. The van der Waals surface area contributed by atoms with Crippen LogP contribution in [0.3, 0.4) is 0 Å². The number of morpholine rings is 1. The highest BCUT2D eigenvalue weighted by Gasteiger charge is 2.36. The zero-order valence-electron chi connectivity index (χ0n) is 15.2. The minimum Gasteiger partial charge on any atom is -0.438 e. The summed E-state index contributed by atoms with van der Waals surface area (Å²) in [6, 6.07) is 9.00. The Kier molecular flexibility index (Phi) is 4.72. The summed E-state index contributed by atoms with van der Waals surface area (Å²) >= 11 is 0. The third-order valence-corrected chi connectivity index (χ3v) is 4.43. The SMILES string of the molecule is CC(C)c1nnc(C2COCCN2C(=O)c2ocnc2-c2ccccc2)o1. The van der Waals surface area contributed by atoms with E-state index in [0.29, 0.717) is 37.2 Å². The van der Waals surface area contributed by atoms with Gasteiger partial charge in [-0.05, 0) is 0 Å². The van der Waals surface area contributed by atoms with Gasteiger partial charge in [-0.3, -0.25) is 4.79 Å². The molecule has 0 radical (unpaired) electrons. The molecule has 0 bridgehead atoms. The van der Waals surface area contributed by atoms with Gasteiger partial charge in [0.15, 0.2) is 6.39 Å². The van der Waals surface area contributed by atoms with Gasteiger partial charge < -0.3 is 18.5 Å². The van der Waals surface area contributed by atoms with E-state index >= 15 is 0 Å². The van der Waals surface area contributed by atoms with Crippen molar-refractivity contribution in [2.45, 2.75) is 25.8 Å². The second-order valence-electron chi connectivity index (χ2n) is 6.62. The fourth-order valence-electron chi connectivity index (χ4n) is 3.00. The Bertz CT molecular complexity index is 919. The molecule has 3 heterocycles. The molecule has 1 aromatic carbocycles. The Morgan fingerprint density at radius 2 is 2.04 bits per heavy atom. The summed E-state index contributed by atoms with van der Waals surface area (Å²) < 4.78 is 16.8. The van der Waals surface area contributed by atoms with Crippen LogP contribution < -0.4 is 0 Å². The van der Waals surface area contributed by atoms with Crippen molar-refractivity contribution in [3.8, 4) is 11.3 Å². The van der Waals surface area contributed by atoms with Gasteiger partial charge in [-0.15, -0.1) is 10.2 Å². The maximum Gasteiger partial charge on any atom is 0.292 e. The van der Waals surface area contributed by atoms with E-state index in [0.717, 1.165) is 5.56 Å². The molecule has 27 heavy (non-hydrogen) atoms. The lowest BCUT2D eigenvalue weighted by Crippen LogP contribution is -2.43. The molecule has 2 aromatic heterocycles. The van der Waals surface area contributed by atoms with Crippen molar-refractivity contribution in [1.82, 2.24) is 20.1 Å². The molecule has 0 spiro atoms. The highest BCUT2D eigenvalue weighted by molar-refractivity contribution is 5.97. The summed E-state index contributed by atoms with van der Waals surface area (Å²) in [5.41, 5.74) is 1.33. The number of nitrogens with zero attached hydrogens (tertiary/aromatic N) is 4. The van der Waals surface area contributed by atoms with Gasteiger partial charge in [0.05, 0.1) is 13.2 Å². The monoisotopic (exact) mass is 368 g/mol. The predicted octanol–water partition coefficient (Wildman–Crippen LogP) is 3.06. The molecule has 0 saturated carbocycles. The Morgan fingerprint density at radius 3 is 2.78 bits per heavy atom. The Morgan fingerprint density at radius 1 is 1.22 bits per heavy atom. The lowest BCUT2D eigenvalue weighted by molar-refractivity contribution is -0.0121. The highest BCUT2D eigenvalue weighted by Crippen LogP contribution is 2.29. The molecule has 1 saturated heterocycles. The first-order valence-electron chi connectivity index (χ1n) is 8.86. The van der Waals surface area contributed by atoms with E-state index < -0.39 is 6.04 Å². The third kappa shape index (κ3) is 3.35. The van der Waals surface area contributed by atoms with Gasteiger partial charge in [0, 0.05) is 18.0 Å². The average molecular weight is 368 g/mol. The summed E-state index contributed by atoms with van der Waals surface area (Å²) in [7, 11) is 0. The Hall–Kier alpha value is -3.00. The third-order valence-electron chi connectivity index (χ3n) is 4.43. The number of carbonyl (C=O) groups excluding carboxylic acids is 1. The molecule has 0 aliphatic carbocycles. The number of hydrogen-bond acceptors (Lipinski definition) is 7. The molecule has 1 atom stereocenters. The second kappa shape index (κ2) is 7.32. The molecule has 1 fully saturated rings. The topological polar surface area (TPSA) is 94.5 Å². The zero-order valence-corrected chi connectivity index (χ0v) is 15.2. The van der Waals surface area contributed by atoms with Crippen molar-refractivity contribution in [2.75, 3.05) is 19.8 Å². The van der Waals surface area contributed by atoms with E-state index in [1.165, 1.54) is 6.39 Å². The summed E-state index contributed by atoms with van der Waals surface area (Å²) in [5.74, 6) is 0.930. The van der Waals surface area contributed by atoms with Crippen LogP contribution in [0, 0.1) is 0 Å². The van der Waals surface area contributed by atoms with Crippen molar-refractivity contribution in [3.05, 3.63) is 54.3 Å².